The molecule has 22 heavy (non-hydrogen) atoms. The Morgan fingerprint density at radius 3 is 2.18 bits per heavy atom. The largest absolute Gasteiger partial charge is 0.465 e. The second kappa shape index (κ2) is 9.48. The Kier molecular flexibility index (Phi) is 7.98. The molecule has 0 amide bonds. The number of nitrogens with zero attached hydrogens (tertiary/aromatic N) is 1. The average molecular weight is 344 g/mol. The van der Waals surface area contributed by atoms with Gasteiger partial charge in [0.25, 0.3) is 0 Å². The Morgan fingerprint density at radius 1 is 1.18 bits per heavy atom. The number of aliphatic imine (C=N–C) groups is 1. The summed E-state index contributed by atoms with van der Waals surface area (Å²) in [5.41, 5.74) is 0.479. The average Bonchev–Trinajstić information content (AvgIpc) is 2.49. The third kappa shape index (κ3) is 5.03. The quantitative estimate of drug-likeness (QED) is 0.342. The van der Waals surface area contributed by atoms with Crippen molar-refractivity contribution < 1.29 is 19.1 Å². The molecule has 0 aliphatic carbocycles. The van der Waals surface area contributed by atoms with Crippen LogP contribution in [0, 0.1) is 5.92 Å². The maximum absolute atomic E-state index is 12.1. The Bertz CT molecular complexity index is 544. The lowest BCUT2D eigenvalue weighted by molar-refractivity contribution is -0.157. The first kappa shape index (κ1) is 18.5. The summed E-state index contributed by atoms with van der Waals surface area (Å²) in [5, 5.41) is 0.713. The third-order valence-corrected chi connectivity index (χ3v) is 3.65. The first-order valence-corrected chi connectivity index (χ1v) is 8.35. The van der Waals surface area contributed by atoms with Crippen LogP contribution in [0.4, 0.5) is 5.69 Å². The molecule has 0 bridgehead atoms. The fourth-order valence-corrected chi connectivity index (χ4v) is 2.43. The molecule has 120 valence electrons. The summed E-state index contributed by atoms with van der Waals surface area (Å²) in [6.07, 6.45) is 1.72. The number of para-hydroxylation sites is 1. The van der Waals surface area contributed by atoms with Crippen molar-refractivity contribution in [3.63, 3.8) is 0 Å². The van der Waals surface area contributed by atoms with Gasteiger partial charge < -0.3 is 9.47 Å². The van der Waals surface area contributed by atoms with E-state index in [0.717, 1.165) is 0 Å². The van der Waals surface area contributed by atoms with Gasteiger partial charge in [-0.15, -0.1) is 11.8 Å². The van der Waals surface area contributed by atoms with Gasteiger partial charge in [0.1, 0.15) is 0 Å². The van der Waals surface area contributed by atoms with E-state index in [9.17, 15) is 9.59 Å². The molecule has 1 aromatic carbocycles. The van der Waals surface area contributed by atoms with E-state index in [2.05, 4.69) is 4.99 Å². The molecule has 0 N–H and O–H groups in total. The minimum absolute atomic E-state index is 0.169. The van der Waals surface area contributed by atoms with Crippen molar-refractivity contribution in [2.75, 3.05) is 19.5 Å². The molecule has 0 radical (unpaired) electrons. The standard InChI is InChI=1S/C15H18ClNO4S/c1-4-20-14(18)12(15(19)21-5-2)13(22-3)17-11-9-7-6-8-10(11)16/h6-9,12H,4-5H2,1-3H3. The van der Waals surface area contributed by atoms with E-state index >= 15 is 0 Å². The number of carbonyl (C=O) groups is 2. The van der Waals surface area contributed by atoms with Crippen molar-refractivity contribution >= 4 is 46.0 Å². The van der Waals surface area contributed by atoms with Crippen molar-refractivity contribution in [3.05, 3.63) is 29.3 Å². The van der Waals surface area contributed by atoms with E-state index in [1.165, 1.54) is 11.8 Å². The molecule has 0 fully saturated rings. The molecule has 1 aromatic rings. The first-order chi connectivity index (χ1) is 10.5. The summed E-state index contributed by atoms with van der Waals surface area (Å²) >= 11 is 7.24. The molecule has 0 aromatic heterocycles. The highest BCUT2D eigenvalue weighted by atomic mass is 35.5. The number of ether oxygens (including phenoxy) is 2. The van der Waals surface area contributed by atoms with Crippen LogP contribution < -0.4 is 0 Å². The Balaban J connectivity index is 3.20. The lowest BCUT2D eigenvalue weighted by Gasteiger charge is -2.15. The SMILES string of the molecule is CCOC(=O)C(C(=O)OCC)C(=Nc1ccccc1Cl)SC. The van der Waals surface area contributed by atoms with E-state index < -0.39 is 17.9 Å². The first-order valence-electron chi connectivity index (χ1n) is 6.75. The van der Waals surface area contributed by atoms with Crippen molar-refractivity contribution in [1.29, 1.82) is 0 Å². The molecule has 7 heteroatoms. The van der Waals surface area contributed by atoms with Gasteiger partial charge in [0.05, 0.1) is 29.0 Å². The Morgan fingerprint density at radius 2 is 1.73 bits per heavy atom. The second-order valence-corrected chi connectivity index (χ2v) is 5.28. The van der Waals surface area contributed by atoms with Gasteiger partial charge in [0.2, 0.25) is 5.92 Å². The van der Waals surface area contributed by atoms with Crippen molar-refractivity contribution in [1.82, 2.24) is 0 Å². The molecule has 0 atom stereocenters. The van der Waals surface area contributed by atoms with Crippen LogP contribution in [-0.4, -0.2) is 36.5 Å². The number of halogens is 1. The van der Waals surface area contributed by atoms with Gasteiger partial charge in [0.15, 0.2) is 0 Å². The fourth-order valence-electron chi connectivity index (χ4n) is 1.64. The van der Waals surface area contributed by atoms with Crippen molar-refractivity contribution in [3.8, 4) is 0 Å². The van der Waals surface area contributed by atoms with E-state index in [1.54, 1.807) is 44.4 Å². The molecule has 1 rings (SSSR count). The molecule has 0 saturated carbocycles. The van der Waals surface area contributed by atoms with Gasteiger partial charge >= 0.3 is 11.9 Å². The summed E-state index contributed by atoms with van der Waals surface area (Å²) in [7, 11) is 0. The monoisotopic (exact) mass is 343 g/mol. The molecular formula is C15H18ClNO4S. The Labute approximate surface area is 139 Å². The van der Waals surface area contributed by atoms with Crippen LogP contribution in [0.3, 0.4) is 0 Å². The lowest BCUT2D eigenvalue weighted by atomic mass is 10.1. The molecule has 0 spiro atoms. The van der Waals surface area contributed by atoms with Crippen LogP contribution in [0.1, 0.15) is 13.8 Å². The van der Waals surface area contributed by atoms with Gasteiger partial charge in [-0.2, -0.15) is 0 Å². The van der Waals surface area contributed by atoms with Gasteiger partial charge in [-0.25, -0.2) is 4.99 Å². The molecule has 0 aliphatic rings. The van der Waals surface area contributed by atoms with E-state index in [-0.39, 0.29) is 18.3 Å². The highest BCUT2D eigenvalue weighted by Gasteiger charge is 2.34. The van der Waals surface area contributed by atoms with Gasteiger partial charge in [-0.05, 0) is 32.2 Å². The third-order valence-electron chi connectivity index (χ3n) is 2.58. The molecule has 0 unspecified atom stereocenters. The minimum atomic E-state index is -1.20. The van der Waals surface area contributed by atoms with Crippen LogP contribution in [-0.2, 0) is 19.1 Å². The summed E-state index contributed by atoms with van der Waals surface area (Å²) < 4.78 is 9.91. The van der Waals surface area contributed by atoms with Crippen LogP contribution in [0.2, 0.25) is 5.02 Å². The molecule has 0 saturated heterocycles. The minimum Gasteiger partial charge on any atom is -0.465 e. The lowest BCUT2D eigenvalue weighted by Crippen LogP contribution is -2.33. The number of rotatable bonds is 6. The van der Waals surface area contributed by atoms with E-state index in [1.807, 2.05) is 0 Å². The van der Waals surface area contributed by atoms with Gasteiger partial charge in [0, 0.05) is 0 Å². The van der Waals surface area contributed by atoms with Gasteiger partial charge in [-0.1, -0.05) is 23.7 Å². The number of hydrogen-bond acceptors (Lipinski definition) is 6. The summed E-state index contributed by atoms with van der Waals surface area (Å²) in [6, 6.07) is 6.93. The number of thioether (sulfide) groups is 1. The number of esters is 2. The highest BCUT2D eigenvalue weighted by Crippen LogP contribution is 2.27. The number of benzene rings is 1. The fraction of sp³-hybridized carbons (Fsp3) is 0.400. The summed E-state index contributed by atoms with van der Waals surface area (Å²) in [5.74, 6) is -2.56. The maximum Gasteiger partial charge on any atom is 0.327 e. The number of hydrogen-bond donors (Lipinski definition) is 0. The van der Waals surface area contributed by atoms with Crippen molar-refractivity contribution in [2.24, 2.45) is 10.9 Å². The molecular weight excluding hydrogens is 326 g/mol. The topological polar surface area (TPSA) is 65.0 Å². The summed E-state index contributed by atoms with van der Waals surface area (Å²) in [6.45, 7) is 3.68. The predicted molar refractivity (Wildman–Crippen MR) is 88.8 cm³/mol. The molecule has 0 heterocycles. The van der Waals surface area contributed by atoms with Gasteiger partial charge in [-0.3, -0.25) is 9.59 Å². The van der Waals surface area contributed by atoms with Crippen LogP contribution >= 0.6 is 23.4 Å². The normalized spacial score (nSPS) is 11.4. The zero-order chi connectivity index (χ0) is 16.5. The zero-order valence-corrected chi connectivity index (χ0v) is 14.2. The smallest absolute Gasteiger partial charge is 0.327 e. The van der Waals surface area contributed by atoms with E-state index in [4.69, 9.17) is 21.1 Å². The van der Waals surface area contributed by atoms with Crippen LogP contribution in [0.25, 0.3) is 0 Å². The maximum atomic E-state index is 12.1. The summed E-state index contributed by atoms with van der Waals surface area (Å²) in [4.78, 5) is 28.5. The molecule has 5 nitrogen and oxygen atoms in total. The van der Waals surface area contributed by atoms with E-state index in [0.29, 0.717) is 10.7 Å². The highest BCUT2D eigenvalue weighted by molar-refractivity contribution is 8.13. The second-order valence-electron chi connectivity index (χ2n) is 4.04. The number of carbonyl (C=O) groups excluding carboxylic acids is 2. The Hall–Kier alpha value is -1.53. The van der Waals surface area contributed by atoms with Crippen LogP contribution in [0.5, 0.6) is 0 Å². The molecule has 0 aliphatic heterocycles. The zero-order valence-electron chi connectivity index (χ0n) is 12.7. The van der Waals surface area contributed by atoms with Crippen molar-refractivity contribution in [2.45, 2.75) is 13.8 Å². The van der Waals surface area contributed by atoms with Crippen LogP contribution in [0.15, 0.2) is 29.3 Å². The predicted octanol–water partition coefficient (Wildman–Crippen LogP) is 3.48.